The zero-order valence-corrected chi connectivity index (χ0v) is 17.1. The number of esters is 1. The molecule has 0 spiro atoms. The third-order valence-corrected chi connectivity index (χ3v) is 5.20. The number of methoxy groups -OCH3 is 1. The molecule has 1 amide bonds. The van der Waals surface area contributed by atoms with Gasteiger partial charge in [-0.2, -0.15) is 0 Å². The van der Waals surface area contributed by atoms with Crippen molar-refractivity contribution in [1.82, 2.24) is 0 Å². The number of amides is 1. The maximum Gasteiger partial charge on any atom is 0.312 e. The number of ketones is 1. The molecule has 152 valence electrons. The lowest BCUT2D eigenvalue weighted by Gasteiger charge is -2.21. The molecule has 1 fully saturated rings. The van der Waals surface area contributed by atoms with Crippen LogP contribution >= 0.6 is 0 Å². The Bertz CT molecular complexity index is 915. The molecular formula is C23H25NO5. The number of Topliss-reactive ketones (excluding diaryl/α,β-unsaturated/α-hetero) is 1. The first-order chi connectivity index (χ1) is 13.8. The minimum atomic E-state index is -0.930. The summed E-state index contributed by atoms with van der Waals surface area (Å²) in [5.41, 5.74) is 3.24. The van der Waals surface area contributed by atoms with Crippen molar-refractivity contribution in [3.63, 3.8) is 0 Å². The Morgan fingerprint density at radius 1 is 1.07 bits per heavy atom. The summed E-state index contributed by atoms with van der Waals surface area (Å²) in [5, 5.41) is 0. The van der Waals surface area contributed by atoms with Crippen molar-refractivity contribution < 1.29 is 23.9 Å². The zero-order chi connectivity index (χ0) is 21.1. The number of para-hydroxylation sites is 1. The van der Waals surface area contributed by atoms with Gasteiger partial charge in [-0.3, -0.25) is 14.4 Å². The highest BCUT2D eigenvalue weighted by atomic mass is 16.5. The summed E-state index contributed by atoms with van der Waals surface area (Å²) in [5.74, 6) is -0.883. The third-order valence-electron chi connectivity index (χ3n) is 5.20. The third kappa shape index (κ3) is 4.31. The van der Waals surface area contributed by atoms with Gasteiger partial charge in [0, 0.05) is 24.2 Å². The Balaban J connectivity index is 1.66. The van der Waals surface area contributed by atoms with Crippen LogP contribution in [-0.2, 0) is 14.3 Å². The van der Waals surface area contributed by atoms with Crippen LogP contribution < -0.4 is 9.64 Å². The van der Waals surface area contributed by atoms with Gasteiger partial charge < -0.3 is 14.4 Å². The summed E-state index contributed by atoms with van der Waals surface area (Å²) < 4.78 is 10.5. The summed E-state index contributed by atoms with van der Waals surface area (Å²) in [6.07, 6.45) is -0.851. The van der Waals surface area contributed by atoms with Crippen LogP contribution in [0, 0.1) is 19.8 Å². The fourth-order valence-electron chi connectivity index (χ4n) is 3.63. The number of hydrogen-bond acceptors (Lipinski definition) is 5. The molecule has 6 heteroatoms. The predicted molar refractivity (Wildman–Crippen MR) is 109 cm³/mol. The minimum absolute atomic E-state index is 0.0794. The summed E-state index contributed by atoms with van der Waals surface area (Å²) >= 11 is 0. The standard InChI is InChI=1S/C23H25NO5/c1-14-6-5-7-15(2)21(14)24-13-18(12-20(24)25)23(27)29-16(3)22(26)17-8-10-19(28-4)11-9-17/h5-11,16,18H,12-13H2,1-4H3/t16-,18-/m0/s1. The maximum absolute atomic E-state index is 12.6. The van der Waals surface area contributed by atoms with E-state index >= 15 is 0 Å². The lowest BCUT2D eigenvalue weighted by molar-refractivity contribution is -0.151. The van der Waals surface area contributed by atoms with Crippen molar-refractivity contribution in [2.45, 2.75) is 33.3 Å². The monoisotopic (exact) mass is 395 g/mol. The molecule has 0 saturated carbocycles. The van der Waals surface area contributed by atoms with E-state index in [4.69, 9.17) is 9.47 Å². The molecule has 0 unspecified atom stereocenters. The largest absolute Gasteiger partial charge is 0.497 e. The van der Waals surface area contributed by atoms with Crippen LogP contribution in [0.2, 0.25) is 0 Å². The molecule has 2 aromatic carbocycles. The van der Waals surface area contributed by atoms with Gasteiger partial charge in [-0.15, -0.1) is 0 Å². The van der Waals surface area contributed by atoms with Crippen molar-refractivity contribution in [1.29, 1.82) is 0 Å². The van der Waals surface area contributed by atoms with Crippen molar-refractivity contribution >= 4 is 23.3 Å². The molecule has 1 saturated heterocycles. The Morgan fingerprint density at radius 2 is 1.69 bits per heavy atom. The normalized spacial score (nSPS) is 17.2. The van der Waals surface area contributed by atoms with Crippen LogP contribution in [0.1, 0.15) is 34.8 Å². The van der Waals surface area contributed by atoms with E-state index in [1.165, 1.54) is 0 Å². The van der Waals surface area contributed by atoms with Crippen molar-refractivity contribution in [3.05, 3.63) is 59.2 Å². The highest BCUT2D eigenvalue weighted by molar-refractivity contribution is 6.02. The molecule has 0 bridgehead atoms. The average molecular weight is 395 g/mol. The number of ether oxygens (including phenoxy) is 2. The van der Waals surface area contributed by atoms with Crippen LogP contribution in [0.4, 0.5) is 5.69 Å². The van der Waals surface area contributed by atoms with Gasteiger partial charge >= 0.3 is 5.97 Å². The Hall–Kier alpha value is -3.15. The highest BCUT2D eigenvalue weighted by Gasteiger charge is 2.38. The van der Waals surface area contributed by atoms with Gasteiger partial charge in [-0.1, -0.05) is 18.2 Å². The topological polar surface area (TPSA) is 72.9 Å². The maximum atomic E-state index is 12.6. The average Bonchev–Trinajstić information content (AvgIpc) is 3.09. The van der Waals surface area contributed by atoms with Crippen LogP contribution in [0.15, 0.2) is 42.5 Å². The number of rotatable bonds is 6. The van der Waals surface area contributed by atoms with Gasteiger partial charge in [0.2, 0.25) is 11.7 Å². The van der Waals surface area contributed by atoms with Crippen LogP contribution in [0.5, 0.6) is 5.75 Å². The van der Waals surface area contributed by atoms with E-state index < -0.39 is 18.0 Å². The molecule has 2 atom stereocenters. The predicted octanol–water partition coefficient (Wildman–Crippen LogP) is 3.48. The highest BCUT2D eigenvalue weighted by Crippen LogP contribution is 2.31. The van der Waals surface area contributed by atoms with Crippen LogP contribution in [0.3, 0.4) is 0 Å². The molecule has 3 rings (SSSR count). The van der Waals surface area contributed by atoms with Gasteiger partial charge in [0.25, 0.3) is 0 Å². The second-order valence-electron chi connectivity index (χ2n) is 7.32. The van der Waals surface area contributed by atoms with E-state index in [1.807, 2.05) is 32.0 Å². The summed E-state index contributed by atoms with van der Waals surface area (Å²) in [6, 6.07) is 12.4. The smallest absolute Gasteiger partial charge is 0.312 e. The number of carbonyl (C=O) groups excluding carboxylic acids is 3. The van der Waals surface area contributed by atoms with Crippen LogP contribution in [-0.4, -0.2) is 37.4 Å². The lowest BCUT2D eigenvalue weighted by Crippen LogP contribution is -2.31. The lowest BCUT2D eigenvalue weighted by atomic mass is 10.1. The van der Waals surface area contributed by atoms with E-state index in [-0.39, 0.29) is 24.7 Å². The Labute approximate surface area is 170 Å². The molecule has 1 aliphatic rings. The number of aryl methyl sites for hydroxylation is 2. The first-order valence-corrected chi connectivity index (χ1v) is 9.57. The van der Waals surface area contributed by atoms with Gasteiger partial charge in [0.05, 0.1) is 13.0 Å². The molecule has 2 aromatic rings. The molecule has 0 aromatic heterocycles. The number of nitrogens with zero attached hydrogens (tertiary/aromatic N) is 1. The van der Waals surface area contributed by atoms with Gasteiger partial charge in [-0.25, -0.2) is 0 Å². The van der Waals surface area contributed by atoms with Gasteiger partial charge in [-0.05, 0) is 56.2 Å². The summed E-state index contributed by atoms with van der Waals surface area (Å²) in [6.45, 7) is 5.69. The van der Waals surface area contributed by atoms with Gasteiger partial charge in [0.1, 0.15) is 5.75 Å². The molecule has 0 radical (unpaired) electrons. The second kappa shape index (κ2) is 8.47. The van der Waals surface area contributed by atoms with Gasteiger partial charge in [0.15, 0.2) is 6.10 Å². The fourth-order valence-corrected chi connectivity index (χ4v) is 3.63. The quantitative estimate of drug-likeness (QED) is 0.553. The molecule has 0 N–H and O–H groups in total. The summed E-state index contributed by atoms with van der Waals surface area (Å²) in [4.78, 5) is 39.3. The van der Waals surface area contributed by atoms with E-state index in [2.05, 4.69) is 0 Å². The van der Waals surface area contributed by atoms with E-state index in [0.29, 0.717) is 11.3 Å². The van der Waals surface area contributed by atoms with Crippen molar-refractivity contribution in [3.8, 4) is 5.75 Å². The first kappa shape index (κ1) is 20.6. The van der Waals surface area contributed by atoms with E-state index in [0.717, 1.165) is 16.8 Å². The molecule has 0 aliphatic carbocycles. The number of anilines is 1. The van der Waals surface area contributed by atoms with E-state index in [1.54, 1.807) is 43.2 Å². The van der Waals surface area contributed by atoms with Crippen LogP contribution in [0.25, 0.3) is 0 Å². The molecule has 1 aliphatic heterocycles. The molecule has 29 heavy (non-hydrogen) atoms. The zero-order valence-electron chi connectivity index (χ0n) is 17.1. The first-order valence-electron chi connectivity index (χ1n) is 9.57. The fraction of sp³-hybridized carbons (Fsp3) is 0.348. The van der Waals surface area contributed by atoms with Crippen molar-refractivity contribution in [2.75, 3.05) is 18.6 Å². The van der Waals surface area contributed by atoms with E-state index in [9.17, 15) is 14.4 Å². The van der Waals surface area contributed by atoms with Crippen molar-refractivity contribution in [2.24, 2.45) is 5.92 Å². The number of benzene rings is 2. The number of hydrogen-bond donors (Lipinski definition) is 0. The SMILES string of the molecule is COc1ccc(C(=O)[C@H](C)OC(=O)[C@H]2CC(=O)N(c3c(C)cccc3C)C2)cc1. The second-order valence-corrected chi connectivity index (χ2v) is 7.32. The molecule has 6 nitrogen and oxygen atoms in total. The Kier molecular flexibility index (Phi) is 6.01. The number of carbonyl (C=O) groups is 3. The molecular weight excluding hydrogens is 370 g/mol. The summed E-state index contributed by atoms with van der Waals surface area (Å²) in [7, 11) is 1.55. The molecule has 1 heterocycles. The Morgan fingerprint density at radius 3 is 2.28 bits per heavy atom. The minimum Gasteiger partial charge on any atom is -0.497 e.